The molecule has 1 atom stereocenters. The first kappa shape index (κ1) is 10.5. The van der Waals surface area contributed by atoms with Gasteiger partial charge < -0.3 is 9.26 Å². The van der Waals surface area contributed by atoms with Crippen molar-refractivity contribution in [2.45, 2.75) is 31.7 Å². The Hall–Kier alpha value is -0.610. The maximum absolute atomic E-state index is 5.55. The lowest BCUT2D eigenvalue weighted by Gasteiger charge is -2.21. The van der Waals surface area contributed by atoms with E-state index in [1.165, 1.54) is 0 Å². The molecule has 0 aliphatic heterocycles. The minimum atomic E-state index is -0.503. The molecule has 1 aromatic heterocycles. The van der Waals surface area contributed by atoms with E-state index in [0.717, 1.165) is 6.42 Å². The van der Waals surface area contributed by atoms with Crippen LogP contribution in [0.15, 0.2) is 4.52 Å². The molecule has 0 aromatic carbocycles. The van der Waals surface area contributed by atoms with Gasteiger partial charge >= 0.3 is 0 Å². The number of hydrogen-bond acceptors (Lipinski definition) is 4. The molecule has 1 heterocycles. The van der Waals surface area contributed by atoms with E-state index < -0.39 is 5.60 Å². The number of nitrogens with zero attached hydrogens (tertiary/aromatic N) is 2. The highest BCUT2D eigenvalue weighted by molar-refractivity contribution is 6.16. The molecule has 0 bridgehead atoms. The van der Waals surface area contributed by atoms with Crippen LogP contribution in [0.25, 0.3) is 0 Å². The smallest absolute Gasteiger partial charge is 0.258 e. The van der Waals surface area contributed by atoms with Crippen LogP contribution >= 0.6 is 11.6 Å². The standard InChI is InChI=1S/C8H13ClN2O2/c1-4-8(2,12-3)7-10-6(5-9)11-13-7/h4-5H2,1-3H3. The van der Waals surface area contributed by atoms with Crippen molar-refractivity contribution in [1.29, 1.82) is 0 Å². The van der Waals surface area contributed by atoms with Gasteiger partial charge in [0.1, 0.15) is 5.60 Å². The second-order valence-corrected chi connectivity index (χ2v) is 3.21. The van der Waals surface area contributed by atoms with Gasteiger partial charge in [-0.3, -0.25) is 0 Å². The van der Waals surface area contributed by atoms with Gasteiger partial charge in [-0.2, -0.15) is 4.98 Å². The first-order valence-corrected chi connectivity index (χ1v) is 4.64. The first-order valence-electron chi connectivity index (χ1n) is 4.10. The molecule has 4 nitrogen and oxygen atoms in total. The van der Waals surface area contributed by atoms with E-state index in [9.17, 15) is 0 Å². The Labute approximate surface area is 82.2 Å². The fourth-order valence-electron chi connectivity index (χ4n) is 0.906. The molecule has 0 spiro atoms. The van der Waals surface area contributed by atoms with Crippen molar-refractivity contribution in [3.63, 3.8) is 0 Å². The second kappa shape index (κ2) is 4.07. The highest BCUT2D eigenvalue weighted by Crippen LogP contribution is 2.26. The molecule has 0 fully saturated rings. The van der Waals surface area contributed by atoms with Crippen LogP contribution < -0.4 is 0 Å². The Morgan fingerprint density at radius 2 is 2.31 bits per heavy atom. The van der Waals surface area contributed by atoms with Crippen molar-refractivity contribution in [3.8, 4) is 0 Å². The van der Waals surface area contributed by atoms with E-state index in [4.69, 9.17) is 20.9 Å². The van der Waals surface area contributed by atoms with Gasteiger partial charge in [0, 0.05) is 7.11 Å². The summed E-state index contributed by atoms with van der Waals surface area (Å²) in [4.78, 5) is 4.11. The lowest BCUT2D eigenvalue weighted by molar-refractivity contribution is -0.0272. The van der Waals surface area contributed by atoms with Crippen LogP contribution in [0.4, 0.5) is 0 Å². The first-order chi connectivity index (χ1) is 6.16. The third kappa shape index (κ3) is 2.00. The van der Waals surface area contributed by atoms with E-state index in [0.29, 0.717) is 11.7 Å². The molecule has 0 radical (unpaired) electrons. The van der Waals surface area contributed by atoms with Gasteiger partial charge in [-0.05, 0) is 13.3 Å². The van der Waals surface area contributed by atoms with E-state index in [2.05, 4.69) is 10.1 Å². The Morgan fingerprint density at radius 1 is 1.62 bits per heavy atom. The van der Waals surface area contributed by atoms with E-state index in [1.54, 1.807) is 7.11 Å². The summed E-state index contributed by atoms with van der Waals surface area (Å²) in [5, 5.41) is 3.70. The van der Waals surface area contributed by atoms with Crippen LogP contribution in [0.3, 0.4) is 0 Å². The van der Waals surface area contributed by atoms with Gasteiger partial charge in [0.15, 0.2) is 5.82 Å². The lowest BCUT2D eigenvalue weighted by Crippen LogP contribution is -2.23. The maximum Gasteiger partial charge on any atom is 0.258 e. The Kier molecular flexibility index (Phi) is 3.27. The highest BCUT2D eigenvalue weighted by Gasteiger charge is 2.30. The molecule has 1 aromatic rings. The van der Waals surface area contributed by atoms with Crippen molar-refractivity contribution in [3.05, 3.63) is 11.7 Å². The number of alkyl halides is 1. The average molecular weight is 205 g/mol. The largest absolute Gasteiger partial charge is 0.369 e. The van der Waals surface area contributed by atoms with Crippen LogP contribution in [0.2, 0.25) is 0 Å². The summed E-state index contributed by atoms with van der Waals surface area (Å²) < 4.78 is 10.3. The van der Waals surface area contributed by atoms with E-state index in [-0.39, 0.29) is 5.88 Å². The molecule has 0 saturated heterocycles. The predicted octanol–water partition coefficient (Wildman–Crippen LogP) is 2.08. The molecule has 5 heteroatoms. The Balaban J connectivity index is 2.91. The summed E-state index contributed by atoms with van der Waals surface area (Å²) in [6.07, 6.45) is 0.771. The zero-order valence-electron chi connectivity index (χ0n) is 8.00. The quantitative estimate of drug-likeness (QED) is 0.705. The van der Waals surface area contributed by atoms with Crippen LogP contribution in [0.5, 0.6) is 0 Å². The van der Waals surface area contributed by atoms with Gasteiger partial charge in [0.2, 0.25) is 0 Å². The summed E-state index contributed by atoms with van der Waals surface area (Å²) in [5.74, 6) is 1.23. The molecule has 0 N–H and O–H groups in total. The molecule has 0 aliphatic rings. The molecule has 0 amide bonds. The molecule has 1 unspecified atom stereocenters. The summed E-state index contributed by atoms with van der Waals surface area (Å²) in [7, 11) is 1.62. The zero-order chi connectivity index (χ0) is 9.90. The average Bonchev–Trinajstić information content (AvgIpc) is 2.65. The van der Waals surface area contributed by atoms with E-state index >= 15 is 0 Å². The number of methoxy groups -OCH3 is 1. The van der Waals surface area contributed by atoms with Gasteiger partial charge in [-0.1, -0.05) is 12.1 Å². The monoisotopic (exact) mass is 204 g/mol. The number of rotatable bonds is 4. The van der Waals surface area contributed by atoms with Crippen LogP contribution in [0, 0.1) is 0 Å². The zero-order valence-corrected chi connectivity index (χ0v) is 8.76. The van der Waals surface area contributed by atoms with Crippen LogP contribution in [-0.4, -0.2) is 17.3 Å². The number of halogens is 1. The molecule has 0 aliphatic carbocycles. The minimum Gasteiger partial charge on any atom is -0.369 e. The Morgan fingerprint density at radius 3 is 2.69 bits per heavy atom. The molecule has 1 rings (SSSR count). The molecule has 13 heavy (non-hydrogen) atoms. The summed E-state index contributed by atoms with van der Waals surface area (Å²) in [6.45, 7) is 3.90. The fraction of sp³-hybridized carbons (Fsp3) is 0.750. The van der Waals surface area contributed by atoms with Crippen LogP contribution in [-0.2, 0) is 16.2 Å². The number of aromatic nitrogens is 2. The van der Waals surface area contributed by atoms with Crippen molar-refractivity contribution in [2.24, 2.45) is 0 Å². The van der Waals surface area contributed by atoms with Gasteiger partial charge in [-0.15, -0.1) is 11.6 Å². The van der Waals surface area contributed by atoms with Crippen LogP contribution in [0.1, 0.15) is 32.0 Å². The van der Waals surface area contributed by atoms with Gasteiger partial charge in [0.05, 0.1) is 5.88 Å². The maximum atomic E-state index is 5.55. The molecular weight excluding hydrogens is 192 g/mol. The molecular formula is C8H13ClN2O2. The second-order valence-electron chi connectivity index (χ2n) is 2.94. The van der Waals surface area contributed by atoms with Crippen molar-refractivity contribution in [2.75, 3.05) is 7.11 Å². The lowest BCUT2D eigenvalue weighted by atomic mass is 10.0. The van der Waals surface area contributed by atoms with Crippen molar-refractivity contribution < 1.29 is 9.26 Å². The summed E-state index contributed by atoms with van der Waals surface area (Å²) in [5.41, 5.74) is -0.503. The summed E-state index contributed by atoms with van der Waals surface area (Å²) >= 11 is 5.55. The predicted molar refractivity (Wildman–Crippen MR) is 48.5 cm³/mol. The Bertz CT molecular complexity index is 271. The van der Waals surface area contributed by atoms with E-state index in [1.807, 2.05) is 13.8 Å². The SMILES string of the molecule is CCC(C)(OC)c1nc(CCl)no1. The topological polar surface area (TPSA) is 48.2 Å². The third-order valence-electron chi connectivity index (χ3n) is 2.17. The van der Waals surface area contributed by atoms with Gasteiger partial charge in [0.25, 0.3) is 5.89 Å². The minimum absolute atomic E-state index is 0.257. The molecule has 0 saturated carbocycles. The normalized spacial score (nSPS) is 15.7. The molecule has 74 valence electrons. The number of hydrogen-bond donors (Lipinski definition) is 0. The third-order valence-corrected chi connectivity index (χ3v) is 2.40. The van der Waals surface area contributed by atoms with Gasteiger partial charge in [-0.25, -0.2) is 0 Å². The van der Waals surface area contributed by atoms with Crippen molar-refractivity contribution >= 4 is 11.6 Å². The van der Waals surface area contributed by atoms with Crippen molar-refractivity contribution in [1.82, 2.24) is 10.1 Å². The number of ether oxygens (including phenoxy) is 1. The highest BCUT2D eigenvalue weighted by atomic mass is 35.5. The fourth-order valence-corrected chi connectivity index (χ4v) is 1.01. The summed E-state index contributed by atoms with van der Waals surface area (Å²) in [6, 6.07) is 0.